The number of nitrogens with zero attached hydrogens (tertiary/aromatic N) is 3. The number of anilines is 1. The molecule has 8 nitrogen and oxygen atoms in total. The van der Waals surface area contributed by atoms with Crippen molar-refractivity contribution < 1.29 is 22.4 Å². The standard InChI is InChI=1S/C25H35FN4O4S/c1-7-22(24(32)27-25(2,3)4)29(17-19-11-9-8-10-12-19)23(31)18-30(35(33,34)28(5)6)21-15-13-20(26)14-16-21/h8-16,22H,7,17-18H2,1-6H3,(H,27,32)/t22-/m1/s1. The van der Waals surface area contributed by atoms with E-state index in [-0.39, 0.29) is 18.1 Å². The van der Waals surface area contributed by atoms with Crippen LogP contribution in [0.2, 0.25) is 0 Å². The quantitative estimate of drug-likeness (QED) is 0.536. The molecule has 0 aliphatic heterocycles. The molecule has 0 unspecified atom stereocenters. The average Bonchev–Trinajstić information content (AvgIpc) is 2.77. The van der Waals surface area contributed by atoms with Crippen LogP contribution < -0.4 is 9.62 Å². The van der Waals surface area contributed by atoms with Crippen molar-refractivity contribution in [2.75, 3.05) is 24.9 Å². The number of amides is 2. The first-order valence-electron chi connectivity index (χ1n) is 11.4. The lowest BCUT2D eigenvalue weighted by Gasteiger charge is -2.35. The highest BCUT2D eigenvalue weighted by Crippen LogP contribution is 2.22. The molecule has 1 atom stereocenters. The van der Waals surface area contributed by atoms with E-state index in [0.717, 1.165) is 26.3 Å². The summed E-state index contributed by atoms with van der Waals surface area (Å²) in [6.07, 6.45) is 0.331. The second-order valence-corrected chi connectivity index (χ2v) is 11.5. The predicted molar refractivity (Wildman–Crippen MR) is 135 cm³/mol. The van der Waals surface area contributed by atoms with Crippen molar-refractivity contribution in [3.05, 3.63) is 66.0 Å². The molecule has 0 saturated carbocycles. The first kappa shape index (κ1) is 28.3. The Hall–Kier alpha value is -2.98. The number of rotatable bonds is 10. The molecule has 35 heavy (non-hydrogen) atoms. The zero-order valence-electron chi connectivity index (χ0n) is 21.2. The van der Waals surface area contributed by atoms with Gasteiger partial charge in [-0.3, -0.25) is 9.59 Å². The van der Waals surface area contributed by atoms with Gasteiger partial charge in [0, 0.05) is 26.2 Å². The maximum absolute atomic E-state index is 13.7. The van der Waals surface area contributed by atoms with E-state index in [1.54, 1.807) is 6.92 Å². The molecule has 0 heterocycles. The molecule has 1 N–H and O–H groups in total. The Kier molecular flexibility index (Phi) is 9.39. The van der Waals surface area contributed by atoms with Gasteiger partial charge in [-0.1, -0.05) is 37.3 Å². The van der Waals surface area contributed by atoms with Gasteiger partial charge in [-0.2, -0.15) is 12.7 Å². The van der Waals surface area contributed by atoms with Crippen LogP contribution in [0.15, 0.2) is 54.6 Å². The van der Waals surface area contributed by atoms with Gasteiger partial charge in [0.2, 0.25) is 11.8 Å². The number of hydrogen-bond donors (Lipinski definition) is 1. The van der Waals surface area contributed by atoms with Gasteiger partial charge in [0.05, 0.1) is 5.69 Å². The van der Waals surface area contributed by atoms with Gasteiger partial charge in [-0.25, -0.2) is 8.70 Å². The van der Waals surface area contributed by atoms with Crippen LogP contribution in [-0.4, -0.2) is 61.7 Å². The summed E-state index contributed by atoms with van der Waals surface area (Å²) in [4.78, 5) is 28.2. The lowest BCUT2D eigenvalue weighted by atomic mass is 10.1. The van der Waals surface area contributed by atoms with Crippen LogP contribution in [-0.2, 0) is 26.3 Å². The summed E-state index contributed by atoms with van der Waals surface area (Å²) in [5.74, 6) is -1.41. The minimum atomic E-state index is -4.09. The van der Waals surface area contributed by atoms with Crippen LogP contribution in [0, 0.1) is 5.82 Å². The van der Waals surface area contributed by atoms with Crippen molar-refractivity contribution in [1.29, 1.82) is 0 Å². The van der Waals surface area contributed by atoms with Crippen LogP contribution in [0.4, 0.5) is 10.1 Å². The monoisotopic (exact) mass is 506 g/mol. The Morgan fingerprint density at radius 3 is 2.06 bits per heavy atom. The first-order valence-corrected chi connectivity index (χ1v) is 12.8. The van der Waals surface area contributed by atoms with E-state index in [2.05, 4.69) is 5.32 Å². The number of halogens is 1. The molecule has 0 bridgehead atoms. The number of carbonyl (C=O) groups is 2. The van der Waals surface area contributed by atoms with Crippen molar-refractivity contribution in [3.8, 4) is 0 Å². The number of benzene rings is 2. The highest BCUT2D eigenvalue weighted by atomic mass is 32.2. The predicted octanol–water partition coefficient (Wildman–Crippen LogP) is 3.16. The van der Waals surface area contributed by atoms with Gasteiger partial charge in [0.25, 0.3) is 0 Å². The highest BCUT2D eigenvalue weighted by Gasteiger charge is 2.34. The zero-order valence-corrected chi connectivity index (χ0v) is 22.0. The van der Waals surface area contributed by atoms with Crippen LogP contribution in [0.5, 0.6) is 0 Å². The number of hydrogen-bond acceptors (Lipinski definition) is 4. The average molecular weight is 507 g/mol. The van der Waals surface area contributed by atoms with Gasteiger partial charge < -0.3 is 10.2 Å². The molecule has 0 spiro atoms. The summed E-state index contributed by atoms with van der Waals surface area (Å²) >= 11 is 0. The summed E-state index contributed by atoms with van der Waals surface area (Å²) < 4.78 is 41.6. The zero-order chi connectivity index (χ0) is 26.4. The fourth-order valence-corrected chi connectivity index (χ4v) is 4.53. The van der Waals surface area contributed by atoms with E-state index in [4.69, 9.17) is 0 Å². The van der Waals surface area contributed by atoms with E-state index in [1.165, 1.54) is 31.1 Å². The lowest BCUT2D eigenvalue weighted by molar-refractivity contribution is -0.141. The second kappa shape index (κ2) is 11.6. The molecule has 0 aromatic heterocycles. The van der Waals surface area contributed by atoms with E-state index in [0.29, 0.717) is 6.42 Å². The molecule has 0 aliphatic carbocycles. The van der Waals surface area contributed by atoms with Crippen LogP contribution >= 0.6 is 0 Å². The van der Waals surface area contributed by atoms with E-state index in [1.807, 2.05) is 51.1 Å². The van der Waals surface area contributed by atoms with Crippen LogP contribution in [0.3, 0.4) is 0 Å². The molecule has 2 amide bonds. The summed E-state index contributed by atoms with van der Waals surface area (Å²) in [6.45, 7) is 6.91. The van der Waals surface area contributed by atoms with Crippen molar-refractivity contribution in [2.45, 2.75) is 52.2 Å². The van der Waals surface area contributed by atoms with Crippen molar-refractivity contribution in [3.63, 3.8) is 0 Å². The van der Waals surface area contributed by atoms with Gasteiger partial charge in [-0.05, 0) is 57.0 Å². The van der Waals surface area contributed by atoms with E-state index >= 15 is 0 Å². The highest BCUT2D eigenvalue weighted by molar-refractivity contribution is 7.90. The maximum atomic E-state index is 13.7. The van der Waals surface area contributed by atoms with E-state index < -0.39 is 40.1 Å². The first-order chi connectivity index (χ1) is 16.3. The Morgan fingerprint density at radius 1 is 1.00 bits per heavy atom. The smallest absolute Gasteiger partial charge is 0.304 e. The molecule has 0 aliphatic rings. The topological polar surface area (TPSA) is 90.0 Å². The third-order valence-electron chi connectivity index (χ3n) is 5.21. The number of nitrogens with one attached hydrogen (secondary N) is 1. The van der Waals surface area contributed by atoms with Gasteiger partial charge in [0.1, 0.15) is 18.4 Å². The van der Waals surface area contributed by atoms with Crippen molar-refractivity contribution in [1.82, 2.24) is 14.5 Å². The van der Waals surface area contributed by atoms with Crippen LogP contribution in [0.25, 0.3) is 0 Å². The molecule has 2 rings (SSSR count). The largest absolute Gasteiger partial charge is 0.350 e. The lowest BCUT2D eigenvalue weighted by Crippen LogP contribution is -2.55. The molecule has 2 aromatic carbocycles. The van der Waals surface area contributed by atoms with Crippen LogP contribution in [0.1, 0.15) is 39.7 Å². The minimum Gasteiger partial charge on any atom is -0.350 e. The van der Waals surface area contributed by atoms with Gasteiger partial charge in [0.15, 0.2) is 0 Å². The Labute approximate surface area is 207 Å². The minimum absolute atomic E-state index is 0.120. The molecule has 0 fully saturated rings. The van der Waals surface area contributed by atoms with E-state index in [9.17, 15) is 22.4 Å². The molecule has 10 heteroatoms. The summed E-state index contributed by atoms with van der Waals surface area (Å²) in [7, 11) is -1.39. The normalized spacial score (nSPS) is 12.8. The Morgan fingerprint density at radius 2 is 1.57 bits per heavy atom. The Balaban J connectivity index is 2.49. The maximum Gasteiger partial charge on any atom is 0.304 e. The summed E-state index contributed by atoms with van der Waals surface area (Å²) in [5, 5.41) is 2.92. The fraction of sp³-hybridized carbons (Fsp3) is 0.440. The molecular weight excluding hydrogens is 471 g/mol. The number of carbonyl (C=O) groups excluding carboxylic acids is 2. The van der Waals surface area contributed by atoms with Crippen molar-refractivity contribution in [2.24, 2.45) is 0 Å². The molecular formula is C25H35FN4O4S. The second-order valence-electron chi connectivity index (χ2n) is 9.44. The van der Waals surface area contributed by atoms with Gasteiger partial charge >= 0.3 is 10.2 Å². The molecule has 192 valence electrons. The fourth-order valence-electron chi connectivity index (χ4n) is 3.48. The molecule has 0 radical (unpaired) electrons. The molecule has 2 aromatic rings. The third-order valence-corrected chi connectivity index (χ3v) is 7.03. The third kappa shape index (κ3) is 7.76. The Bertz CT molecular complexity index is 1100. The summed E-state index contributed by atoms with van der Waals surface area (Å²) in [6, 6.07) is 13.2. The summed E-state index contributed by atoms with van der Waals surface area (Å²) in [5.41, 5.74) is 0.423. The van der Waals surface area contributed by atoms with Gasteiger partial charge in [-0.15, -0.1) is 0 Å². The SMILES string of the molecule is CC[C@H](C(=O)NC(C)(C)C)N(Cc1ccccc1)C(=O)CN(c1ccc(F)cc1)S(=O)(=O)N(C)C. The molecule has 0 saturated heterocycles. The van der Waals surface area contributed by atoms with Crippen molar-refractivity contribution >= 4 is 27.7 Å².